The number of pyridine rings is 1. The lowest BCUT2D eigenvalue weighted by molar-refractivity contribution is 0.980. The molecule has 0 amide bonds. The molecular formula is C13H13BrN4. The molecule has 2 aromatic rings. The number of nitrogens with one attached hydrogen (secondary N) is 1. The van der Waals surface area contributed by atoms with Crippen LogP contribution >= 0.6 is 15.9 Å². The minimum atomic E-state index is 0.579. The predicted molar refractivity (Wildman–Crippen MR) is 74.5 cm³/mol. The van der Waals surface area contributed by atoms with Gasteiger partial charge in [0.15, 0.2) is 5.82 Å². The van der Waals surface area contributed by atoms with E-state index in [1.807, 2.05) is 19.2 Å². The molecule has 1 fully saturated rings. The van der Waals surface area contributed by atoms with Gasteiger partial charge in [0.1, 0.15) is 5.82 Å². The Hall–Kier alpha value is -1.49. The first-order valence-corrected chi connectivity index (χ1v) is 6.74. The molecule has 0 bridgehead atoms. The normalized spacial score (nSPS) is 14.6. The Morgan fingerprint density at radius 2 is 1.94 bits per heavy atom. The highest BCUT2D eigenvalue weighted by atomic mass is 79.9. The highest BCUT2D eigenvalue weighted by Gasteiger charge is 2.29. The lowest BCUT2D eigenvalue weighted by atomic mass is 10.2. The largest absolute Gasteiger partial charge is 0.372 e. The zero-order chi connectivity index (χ0) is 12.5. The van der Waals surface area contributed by atoms with Gasteiger partial charge in [0.25, 0.3) is 0 Å². The molecule has 18 heavy (non-hydrogen) atoms. The first-order chi connectivity index (χ1) is 8.79. The van der Waals surface area contributed by atoms with E-state index >= 15 is 0 Å². The van der Waals surface area contributed by atoms with E-state index in [9.17, 15) is 0 Å². The van der Waals surface area contributed by atoms with Gasteiger partial charge in [0.2, 0.25) is 0 Å². The maximum Gasteiger partial charge on any atom is 0.161 e. The van der Waals surface area contributed by atoms with Gasteiger partial charge >= 0.3 is 0 Å². The van der Waals surface area contributed by atoms with E-state index in [0.717, 1.165) is 27.4 Å². The van der Waals surface area contributed by atoms with Gasteiger partial charge in [-0.1, -0.05) is 0 Å². The monoisotopic (exact) mass is 304 g/mol. The topological polar surface area (TPSA) is 50.7 Å². The Morgan fingerprint density at radius 3 is 2.56 bits per heavy atom. The molecule has 1 saturated carbocycles. The van der Waals surface area contributed by atoms with Crippen molar-refractivity contribution in [1.29, 1.82) is 0 Å². The summed E-state index contributed by atoms with van der Waals surface area (Å²) in [7, 11) is 1.88. The number of hydrogen-bond donors (Lipinski definition) is 1. The molecule has 0 unspecified atom stereocenters. The average molecular weight is 305 g/mol. The van der Waals surface area contributed by atoms with Gasteiger partial charge in [-0.3, -0.25) is 4.98 Å². The molecule has 0 atom stereocenters. The maximum atomic E-state index is 4.69. The molecule has 0 saturated heterocycles. The van der Waals surface area contributed by atoms with Crippen LogP contribution in [-0.2, 0) is 0 Å². The Bertz CT molecular complexity index is 567. The average Bonchev–Trinajstić information content (AvgIpc) is 3.24. The number of halogens is 1. The van der Waals surface area contributed by atoms with Gasteiger partial charge in [-0.2, -0.15) is 0 Å². The summed E-state index contributed by atoms with van der Waals surface area (Å²) in [4.78, 5) is 13.2. The van der Waals surface area contributed by atoms with Gasteiger partial charge in [0.05, 0.1) is 10.2 Å². The van der Waals surface area contributed by atoms with Crippen molar-refractivity contribution in [2.75, 3.05) is 12.4 Å². The Labute approximate surface area is 114 Å². The van der Waals surface area contributed by atoms with Crippen molar-refractivity contribution in [3.8, 4) is 11.4 Å². The van der Waals surface area contributed by atoms with E-state index in [0.29, 0.717) is 5.92 Å². The van der Waals surface area contributed by atoms with E-state index in [-0.39, 0.29) is 0 Å². The molecule has 1 aliphatic carbocycles. The van der Waals surface area contributed by atoms with Crippen molar-refractivity contribution in [3.05, 3.63) is 34.7 Å². The van der Waals surface area contributed by atoms with E-state index < -0.39 is 0 Å². The summed E-state index contributed by atoms with van der Waals surface area (Å²) in [5, 5.41) is 3.11. The molecular weight excluding hydrogens is 292 g/mol. The molecule has 2 aromatic heterocycles. The molecule has 5 heteroatoms. The zero-order valence-corrected chi connectivity index (χ0v) is 11.6. The number of hydrogen-bond acceptors (Lipinski definition) is 4. The molecule has 0 aliphatic heterocycles. The first-order valence-electron chi connectivity index (χ1n) is 5.95. The number of nitrogens with zero attached hydrogens (tertiary/aromatic N) is 3. The van der Waals surface area contributed by atoms with Crippen LogP contribution < -0.4 is 5.32 Å². The molecule has 92 valence electrons. The van der Waals surface area contributed by atoms with Crippen molar-refractivity contribution in [2.45, 2.75) is 18.8 Å². The minimum Gasteiger partial charge on any atom is -0.372 e. The smallest absolute Gasteiger partial charge is 0.161 e. The molecule has 0 radical (unpaired) electrons. The van der Waals surface area contributed by atoms with E-state index in [1.165, 1.54) is 12.8 Å². The van der Waals surface area contributed by atoms with E-state index in [4.69, 9.17) is 0 Å². The molecule has 0 spiro atoms. The van der Waals surface area contributed by atoms with Crippen LogP contribution in [0.25, 0.3) is 11.4 Å². The van der Waals surface area contributed by atoms with Crippen LogP contribution in [0.1, 0.15) is 24.5 Å². The van der Waals surface area contributed by atoms with Crippen molar-refractivity contribution < 1.29 is 0 Å². The van der Waals surface area contributed by atoms with Gasteiger partial charge in [-0.05, 0) is 40.9 Å². The van der Waals surface area contributed by atoms with E-state index in [2.05, 4.69) is 36.2 Å². The number of rotatable bonds is 3. The molecule has 3 rings (SSSR count). The Kier molecular flexibility index (Phi) is 2.99. The highest BCUT2D eigenvalue weighted by Crippen LogP contribution is 2.44. The van der Waals surface area contributed by atoms with Gasteiger partial charge in [-0.15, -0.1) is 0 Å². The standard InChI is InChI=1S/C13H13BrN4/c1-15-13-10(14)11(8-2-3-8)17-12(18-13)9-4-6-16-7-5-9/h4-8H,2-3H2,1H3,(H,15,17,18). The van der Waals surface area contributed by atoms with Crippen molar-refractivity contribution >= 4 is 21.7 Å². The second-order valence-corrected chi connectivity index (χ2v) is 5.15. The summed E-state index contributed by atoms with van der Waals surface area (Å²) in [5.41, 5.74) is 2.11. The number of anilines is 1. The predicted octanol–water partition coefficient (Wildman–Crippen LogP) is 3.22. The molecule has 0 aromatic carbocycles. The van der Waals surface area contributed by atoms with Crippen LogP contribution in [0.15, 0.2) is 29.0 Å². The van der Waals surface area contributed by atoms with E-state index in [1.54, 1.807) is 12.4 Å². The lowest BCUT2D eigenvalue weighted by Crippen LogP contribution is -2.02. The minimum absolute atomic E-state index is 0.579. The molecule has 4 nitrogen and oxygen atoms in total. The first kappa shape index (κ1) is 11.6. The summed E-state index contributed by atoms with van der Waals surface area (Å²) in [5.74, 6) is 2.18. The Morgan fingerprint density at radius 1 is 1.22 bits per heavy atom. The third kappa shape index (κ3) is 2.10. The van der Waals surface area contributed by atoms with Crippen LogP contribution in [0.3, 0.4) is 0 Å². The fourth-order valence-electron chi connectivity index (χ4n) is 1.89. The van der Waals surface area contributed by atoms with Gasteiger partial charge in [-0.25, -0.2) is 9.97 Å². The second kappa shape index (κ2) is 4.65. The molecule has 2 heterocycles. The highest BCUT2D eigenvalue weighted by molar-refractivity contribution is 9.10. The second-order valence-electron chi connectivity index (χ2n) is 4.36. The molecule has 1 aliphatic rings. The number of aromatic nitrogens is 3. The third-order valence-corrected chi connectivity index (χ3v) is 3.80. The Balaban J connectivity index is 2.13. The zero-order valence-electron chi connectivity index (χ0n) is 10.0. The van der Waals surface area contributed by atoms with Crippen molar-refractivity contribution in [1.82, 2.24) is 15.0 Å². The summed E-state index contributed by atoms with van der Waals surface area (Å²) in [6.07, 6.45) is 5.95. The van der Waals surface area contributed by atoms with Crippen LogP contribution in [0.5, 0.6) is 0 Å². The van der Waals surface area contributed by atoms with Crippen molar-refractivity contribution in [2.24, 2.45) is 0 Å². The van der Waals surface area contributed by atoms with Gasteiger partial charge < -0.3 is 5.32 Å². The SMILES string of the molecule is CNc1nc(-c2ccncc2)nc(C2CC2)c1Br. The maximum absolute atomic E-state index is 4.69. The van der Waals surface area contributed by atoms with Crippen LogP contribution in [0.4, 0.5) is 5.82 Å². The summed E-state index contributed by atoms with van der Waals surface area (Å²) in [6.45, 7) is 0. The van der Waals surface area contributed by atoms with Crippen molar-refractivity contribution in [3.63, 3.8) is 0 Å². The third-order valence-electron chi connectivity index (χ3n) is 3.02. The summed E-state index contributed by atoms with van der Waals surface area (Å²) >= 11 is 3.59. The molecule has 1 N–H and O–H groups in total. The fourth-order valence-corrected chi connectivity index (χ4v) is 2.59. The quantitative estimate of drug-likeness (QED) is 0.946. The van der Waals surface area contributed by atoms with Crippen LogP contribution in [0, 0.1) is 0 Å². The summed E-state index contributed by atoms with van der Waals surface area (Å²) in [6, 6.07) is 3.86. The van der Waals surface area contributed by atoms with Crippen LogP contribution in [-0.4, -0.2) is 22.0 Å². The summed E-state index contributed by atoms with van der Waals surface area (Å²) < 4.78 is 0.991. The van der Waals surface area contributed by atoms with Gasteiger partial charge in [0, 0.05) is 30.9 Å². The fraction of sp³-hybridized carbons (Fsp3) is 0.308. The van der Waals surface area contributed by atoms with Crippen LogP contribution in [0.2, 0.25) is 0 Å². The lowest BCUT2D eigenvalue weighted by Gasteiger charge is -2.10.